The number of rotatable bonds is 3. The first-order chi connectivity index (χ1) is 11.9. The second-order valence-corrected chi connectivity index (χ2v) is 6.12. The average molecular weight is 343 g/mol. The van der Waals surface area contributed by atoms with E-state index in [1.54, 1.807) is 31.3 Å². The first-order valence-corrected chi connectivity index (χ1v) is 7.85. The Balaban J connectivity index is 1.95. The molecular weight excluding hydrogens is 325 g/mol. The molecule has 3 rings (SSSR count). The number of nitrogens with zero attached hydrogens (tertiary/aromatic N) is 3. The van der Waals surface area contributed by atoms with Crippen LogP contribution in [0.5, 0.6) is 0 Å². The zero-order chi connectivity index (χ0) is 18.1. The number of halogens is 1. The molecule has 0 spiro atoms. The Kier molecular flexibility index (Phi) is 4.39. The zero-order valence-electron chi connectivity index (χ0n) is 14.0. The lowest BCUT2D eigenvalue weighted by molar-refractivity contribution is 0.0694. The Morgan fingerprint density at radius 3 is 2.64 bits per heavy atom. The van der Waals surface area contributed by atoms with Crippen LogP contribution in [0.3, 0.4) is 0 Å². The van der Waals surface area contributed by atoms with Crippen molar-refractivity contribution in [2.75, 3.05) is 25.5 Å². The smallest absolute Gasteiger partial charge is 0.339 e. The van der Waals surface area contributed by atoms with Crippen LogP contribution in [-0.4, -0.2) is 47.5 Å². The van der Waals surface area contributed by atoms with Crippen LogP contribution in [0.2, 0.25) is 0 Å². The maximum Gasteiger partial charge on any atom is 0.339 e. The van der Waals surface area contributed by atoms with Gasteiger partial charge in [-0.1, -0.05) is 12.1 Å². The van der Waals surface area contributed by atoms with E-state index >= 15 is 0 Å². The number of hydrogen-bond acceptors (Lipinski definition) is 4. The molecule has 1 amide bonds. The molecular formula is C18H18FN3O3. The molecule has 1 N–H and O–H groups in total. The van der Waals surface area contributed by atoms with E-state index in [1.807, 2.05) is 0 Å². The van der Waals surface area contributed by atoms with Crippen molar-refractivity contribution < 1.29 is 19.1 Å². The van der Waals surface area contributed by atoms with Crippen molar-refractivity contribution in [3.8, 4) is 0 Å². The summed E-state index contributed by atoms with van der Waals surface area (Å²) in [5.41, 5.74) is 1.55. The topological polar surface area (TPSA) is 73.7 Å². The van der Waals surface area contributed by atoms with Crippen LogP contribution in [0.4, 0.5) is 10.2 Å². The zero-order valence-corrected chi connectivity index (χ0v) is 14.0. The summed E-state index contributed by atoms with van der Waals surface area (Å²) in [5, 5.41) is 9.56. The minimum Gasteiger partial charge on any atom is -0.478 e. The van der Waals surface area contributed by atoms with Gasteiger partial charge in [-0.05, 0) is 29.7 Å². The third kappa shape index (κ3) is 3.05. The highest BCUT2D eigenvalue weighted by Gasteiger charge is 2.29. The first-order valence-electron chi connectivity index (χ1n) is 7.85. The van der Waals surface area contributed by atoms with Gasteiger partial charge in [0.15, 0.2) is 0 Å². The Morgan fingerprint density at radius 1 is 1.28 bits per heavy atom. The molecule has 0 aliphatic carbocycles. The molecule has 130 valence electrons. The van der Waals surface area contributed by atoms with Gasteiger partial charge >= 0.3 is 5.97 Å². The highest BCUT2D eigenvalue weighted by atomic mass is 19.1. The highest BCUT2D eigenvalue weighted by molar-refractivity contribution is 5.97. The monoisotopic (exact) mass is 343 g/mol. The maximum atomic E-state index is 13.9. The van der Waals surface area contributed by atoms with Crippen molar-refractivity contribution in [1.82, 2.24) is 9.88 Å². The summed E-state index contributed by atoms with van der Waals surface area (Å²) < 4.78 is 13.9. The van der Waals surface area contributed by atoms with E-state index < -0.39 is 17.7 Å². The molecule has 1 aliphatic rings. The van der Waals surface area contributed by atoms with Gasteiger partial charge in [-0.15, -0.1) is 0 Å². The number of carbonyl (C=O) groups is 2. The lowest BCUT2D eigenvalue weighted by Crippen LogP contribution is -2.37. The number of carboxylic acids is 1. The lowest BCUT2D eigenvalue weighted by atomic mass is 9.95. The van der Waals surface area contributed by atoms with Gasteiger partial charge in [-0.2, -0.15) is 0 Å². The SMILES string of the molecule is CN(C)c1ncc2c(c1C(=O)O)CCN(C(=O)c1ccccc1F)C2. The van der Waals surface area contributed by atoms with Crippen LogP contribution in [0.1, 0.15) is 31.8 Å². The fraction of sp³-hybridized carbons (Fsp3) is 0.278. The summed E-state index contributed by atoms with van der Waals surface area (Å²) in [6.07, 6.45) is 1.98. The molecule has 1 aliphatic heterocycles. The Bertz CT molecular complexity index is 851. The van der Waals surface area contributed by atoms with E-state index in [0.29, 0.717) is 29.9 Å². The van der Waals surface area contributed by atoms with Crippen molar-refractivity contribution in [2.45, 2.75) is 13.0 Å². The number of hydrogen-bond donors (Lipinski definition) is 1. The Morgan fingerprint density at radius 2 is 2.00 bits per heavy atom. The van der Waals surface area contributed by atoms with E-state index in [4.69, 9.17) is 0 Å². The van der Waals surface area contributed by atoms with Gasteiger partial charge in [-0.3, -0.25) is 4.79 Å². The number of pyridine rings is 1. The summed E-state index contributed by atoms with van der Waals surface area (Å²) >= 11 is 0. The van der Waals surface area contributed by atoms with Crippen LogP contribution in [0, 0.1) is 5.82 Å². The van der Waals surface area contributed by atoms with Gasteiger partial charge in [0.05, 0.1) is 5.56 Å². The fourth-order valence-electron chi connectivity index (χ4n) is 3.07. The third-order valence-corrected chi connectivity index (χ3v) is 4.28. The van der Waals surface area contributed by atoms with Gasteiger partial charge in [0.2, 0.25) is 0 Å². The number of benzene rings is 1. The van der Waals surface area contributed by atoms with Gasteiger partial charge in [0, 0.05) is 33.4 Å². The normalized spacial score (nSPS) is 13.3. The number of aromatic nitrogens is 1. The highest BCUT2D eigenvalue weighted by Crippen LogP contribution is 2.28. The molecule has 0 saturated carbocycles. The van der Waals surface area contributed by atoms with Gasteiger partial charge in [-0.25, -0.2) is 14.2 Å². The molecule has 1 aromatic carbocycles. The van der Waals surface area contributed by atoms with Crippen LogP contribution >= 0.6 is 0 Å². The number of anilines is 1. The molecule has 2 aromatic rings. The van der Waals surface area contributed by atoms with Gasteiger partial charge in [0.1, 0.15) is 17.2 Å². The van der Waals surface area contributed by atoms with Crippen molar-refractivity contribution in [3.05, 3.63) is 58.5 Å². The number of carboxylic acid groups (broad SMARTS) is 1. The Hall–Kier alpha value is -2.96. The third-order valence-electron chi connectivity index (χ3n) is 4.28. The van der Waals surface area contributed by atoms with Crippen LogP contribution in [0.15, 0.2) is 30.5 Å². The summed E-state index contributed by atoms with van der Waals surface area (Å²) in [4.78, 5) is 31.6. The summed E-state index contributed by atoms with van der Waals surface area (Å²) in [6.45, 7) is 0.542. The van der Waals surface area contributed by atoms with Crippen molar-refractivity contribution in [1.29, 1.82) is 0 Å². The molecule has 0 saturated heterocycles. The van der Waals surface area contributed by atoms with E-state index in [2.05, 4.69) is 4.98 Å². The molecule has 0 fully saturated rings. The molecule has 0 unspecified atom stereocenters. The predicted octanol–water partition coefficient (Wildman–Crippen LogP) is 2.18. The molecule has 1 aromatic heterocycles. The van der Waals surface area contributed by atoms with Gasteiger partial charge in [0.25, 0.3) is 5.91 Å². The molecule has 25 heavy (non-hydrogen) atoms. The molecule has 0 atom stereocenters. The standard InChI is InChI=1S/C18H18FN3O3/c1-21(2)16-15(18(24)25)12-7-8-22(10-11(12)9-20-16)17(23)13-5-3-4-6-14(13)19/h3-6,9H,7-8,10H2,1-2H3,(H,24,25). The number of aromatic carboxylic acids is 1. The molecule has 7 heteroatoms. The van der Waals surface area contributed by atoms with E-state index in [1.165, 1.54) is 23.1 Å². The van der Waals surface area contributed by atoms with Gasteiger partial charge < -0.3 is 14.9 Å². The van der Waals surface area contributed by atoms with Crippen LogP contribution in [0.25, 0.3) is 0 Å². The molecule has 6 nitrogen and oxygen atoms in total. The second-order valence-electron chi connectivity index (χ2n) is 6.12. The minimum absolute atomic E-state index is 0.0160. The largest absolute Gasteiger partial charge is 0.478 e. The average Bonchev–Trinajstić information content (AvgIpc) is 2.59. The van der Waals surface area contributed by atoms with Crippen LogP contribution < -0.4 is 4.90 Å². The van der Waals surface area contributed by atoms with Crippen molar-refractivity contribution >= 4 is 17.7 Å². The number of carbonyl (C=O) groups excluding carboxylic acids is 1. The van der Waals surface area contributed by atoms with E-state index in [-0.39, 0.29) is 17.7 Å². The van der Waals surface area contributed by atoms with E-state index in [0.717, 1.165) is 0 Å². The number of amides is 1. The quantitative estimate of drug-likeness (QED) is 0.925. The second kappa shape index (κ2) is 6.51. The number of fused-ring (bicyclic) bond motifs is 1. The molecule has 2 heterocycles. The van der Waals surface area contributed by atoms with E-state index in [9.17, 15) is 19.1 Å². The molecule has 0 bridgehead atoms. The van der Waals surface area contributed by atoms with Crippen molar-refractivity contribution in [3.63, 3.8) is 0 Å². The maximum absolute atomic E-state index is 13.9. The summed E-state index contributed by atoms with van der Waals surface area (Å²) in [7, 11) is 3.47. The summed E-state index contributed by atoms with van der Waals surface area (Å²) in [6, 6.07) is 5.84. The van der Waals surface area contributed by atoms with Crippen molar-refractivity contribution in [2.24, 2.45) is 0 Å². The predicted molar refractivity (Wildman–Crippen MR) is 90.4 cm³/mol. The van der Waals surface area contributed by atoms with Crippen LogP contribution in [-0.2, 0) is 13.0 Å². The minimum atomic E-state index is -1.04. The fourth-order valence-corrected chi connectivity index (χ4v) is 3.07. The molecule has 0 radical (unpaired) electrons. The summed E-state index contributed by atoms with van der Waals surface area (Å²) in [5.74, 6) is -1.62. The first kappa shape index (κ1) is 16.9. The Labute approximate surface area is 144 Å². The lowest BCUT2D eigenvalue weighted by Gasteiger charge is -2.30.